The predicted octanol–water partition coefficient (Wildman–Crippen LogP) is 4.37. The Hall–Kier alpha value is -3.63. The lowest BCUT2D eigenvalue weighted by atomic mass is 10.1. The minimum Gasteiger partial charge on any atom is -0.463 e. The number of furan rings is 1. The summed E-state index contributed by atoms with van der Waals surface area (Å²) in [6, 6.07) is 5.19. The number of carbonyl (C=O) groups is 1. The molecule has 0 spiro atoms. The number of nitrogens with one attached hydrogen (secondary N) is 1. The van der Waals surface area contributed by atoms with Crippen LogP contribution in [-0.2, 0) is 6.18 Å². The van der Waals surface area contributed by atoms with Gasteiger partial charge in [-0.25, -0.2) is 9.78 Å². The first kappa shape index (κ1) is 17.2. The van der Waals surface area contributed by atoms with Crippen LogP contribution < -0.4 is 10.1 Å². The Morgan fingerprint density at radius 2 is 2.08 bits per heavy atom. The number of alkyl halides is 3. The number of rotatable bonds is 3. The molecule has 1 amide bonds. The molecule has 0 atom stereocenters. The molecule has 3 rings (SSSR count). The number of hydrogen-bond acceptors (Lipinski definition) is 6. The summed E-state index contributed by atoms with van der Waals surface area (Å²) in [5, 5.41) is 13.3. The molecule has 8 nitrogen and oxygen atoms in total. The Morgan fingerprint density at radius 1 is 1.31 bits per heavy atom. The van der Waals surface area contributed by atoms with Crippen LogP contribution in [0.15, 0.2) is 47.2 Å². The van der Waals surface area contributed by atoms with Crippen molar-refractivity contribution in [2.75, 3.05) is 5.32 Å². The van der Waals surface area contributed by atoms with Crippen molar-refractivity contribution >= 4 is 28.4 Å². The Labute approximate surface area is 142 Å². The fraction of sp³-hybridized carbons (Fsp3) is 0.0667. The van der Waals surface area contributed by atoms with Crippen LogP contribution in [0, 0.1) is 10.1 Å². The van der Waals surface area contributed by atoms with Gasteiger partial charge in [0.1, 0.15) is 5.69 Å². The van der Waals surface area contributed by atoms with Crippen molar-refractivity contribution in [1.82, 2.24) is 4.98 Å². The molecule has 134 valence electrons. The van der Waals surface area contributed by atoms with Crippen LogP contribution in [0.3, 0.4) is 0 Å². The fourth-order valence-corrected chi connectivity index (χ4v) is 2.19. The number of carbonyl (C=O) groups excluding carboxylic acids is 1. The molecule has 0 saturated carbocycles. The van der Waals surface area contributed by atoms with Gasteiger partial charge >= 0.3 is 12.3 Å². The molecule has 0 saturated heterocycles. The van der Waals surface area contributed by atoms with Gasteiger partial charge in [-0.05, 0) is 12.1 Å². The molecule has 11 heteroatoms. The smallest absolute Gasteiger partial charge is 0.418 e. The number of aromatic nitrogens is 1. The number of amides is 1. The second-order valence-electron chi connectivity index (χ2n) is 4.95. The highest BCUT2D eigenvalue weighted by molar-refractivity contribution is 5.91. The number of halogens is 3. The monoisotopic (exact) mass is 367 g/mol. The third kappa shape index (κ3) is 3.41. The van der Waals surface area contributed by atoms with Gasteiger partial charge in [-0.2, -0.15) is 13.2 Å². The van der Waals surface area contributed by atoms with Gasteiger partial charge in [0.15, 0.2) is 5.58 Å². The number of nitrogens with zero attached hydrogens (tertiary/aromatic N) is 2. The van der Waals surface area contributed by atoms with Crippen molar-refractivity contribution in [3.05, 3.63) is 58.5 Å². The molecular weight excluding hydrogens is 359 g/mol. The minimum atomic E-state index is -4.91. The van der Waals surface area contributed by atoms with Gasteiger partial charge in [0.25, 0.3) is 5.69 Å². The lowest BCUT2D eigenvalue weighted by Crippen LogP contribution is -2.21. The topological polar surface area (TPSA) is 108 Å². The van der Waals surface area contributed by atoms with Crippen molar-refractivity contribution in [1.29, 1.82) is 0 Å². The summed E-state index contributed by atoms with van der Waals surface area (Å²) in [4.78, 5) is 25.6. The van der Waals surface area contributed by atoms with E-state index in [2.05, 4.69) is 4.98 Å². The number of nitro groups is 1. The molecule has 0 aliphatic rings. The maximum atomic E-state index is 13.1. The van der Waals surface area contributed by atoms with Crippen LogP contribution in [0.1, 0.15) is 5.56 Å². The number of para-hydroxylation sites is 1. The Morgan fingerprint density at radius 3 is 2.77 bits per heavy atom. The molecule has 0 radical (unpaired) electrons. The second-order valence-corrected chi connectivity index (χ2v) is 4.95. The van der Waals surface area contributed by atoms with Crippen LogP contribution in [0.25, 0.3) is 11.0 Å². The number of fused-ring (bicyclic) bond motifs is 1. The van der Waals surface area contributed by atoms with Crippen molar-refractivity contribution < 1.29 is 32.0 Å². The minimum absolute atomic E-state index is 0.219. The van der Waals surface area contributed by atoms with Crippen molar-refractivity contribution in [2.45, 2.75) is 6.18 Å². The quantitative estimate of drug-likeness (QED) is 0.544. The number of anilines is 1. The van der Waals surface area contributed by atoms with Gasteiger partial charge in [-0.1, -0.05) is 6.07 Å². The van der Waals surface area contributed by atoms with Crippen LogP contribution in [-0.4, -0.2) is 16.0 Å². The van der Waals surface area contributed by atoms with Crippen molar-refractivity contribution in [3.8, 4) is 5.88 Å². The first-order chi connectivity index (χ1) is 12.3. The Balaban J connectivity index is 1.89. The molecule has 1 aromatic carbocycles. The van der Waals surface area contributed by atoms with Gasteiger partial charge in [0, 0.05) is 17.5 Å². The molecule has 1 N–H and O–H groups in total. The molecule has 2 heterocycles. The molecule has 0 aliphatic heterocycles. The zero-order chi connectivity index (χ0) is 18.9. The van der Waals surface area contributed by atoms with Gasteiger partial charge in [0.2, 0.25) is 5.88 Å². The zero-order valence-electron chi connectivity index (χ0n) is 12.6. The Bertz CT molecular complexity index is 1000. The lowest BCUT2D eigenvalue weighted by Gasteiger charge is -2.13. The number of nitro benzene ring substituents is 1. The van der Waals surface area contributed by atoms with Gasteiger partial charge < -0.3 is 9.15 Å². The molecule has 0 bridgehead atoms. The third-order valence-electron chi connectivity index (χ3n) is 3.28. The summed E-state index contributed by atoms with van der Waals surface area (Å²) in [5.74, 6) is -0.219. The summed E-state index contributed by atoms with van der Waals surface area (Å²) < 4.78 is 49.1. The van der Waals surface area contributed by atoms with Crippen LogP contribution >= 0.6 is 0 Å². The molecular formula is C15H8F3N3O5. The summed E-state index contributed by atoms with van der Waals surface area (Å²) in [7, 11) is 0. The van der Waals surface area contributed by atoms with Gasteiger partial charge in [-0.3, -0.25) is 15.4 Å². The van der Waals surface area contributed by atoms with Crippen LogP contribution in [0.4, 0.5) is 29.3 Å². The number of hydrogen-bond donors (Lipinski definition) is 1. The van der Waals surface area contributed by atoms with Gasteiger partial charge in [-0.15, -0.1) is 0 Å². The molecule has 0 aliphatic carbocycles. The fourth-order valence-electron chi connectivity index (χ4n) is 2.19. The molecule has 0 unspecified atom stereocenters. The zero-order valence-corrected chi connectivity index (χ0v) is 12.6. The molecule has 26 heavy (non-hydrogen) atoms. The first-order valence-corrected chi connectivity index (χ1v) is 6.92. The van der Waals surface area contributed by atoms with E-state index in [9.17, 15) is 28.1 Å². The molecule has 2 aromatic heterocycles. The van der Waals surface area contributed by atoms with E-state index in [1.165, 1.54) is 18.5 Å². The highest BCUT2D eigenvalue weighted by Crippen LogP contribution is 2.39. The van der Waals surface area contributed by atoms with E-state index in [-0.39, 0.29) is 5.88 Å². The van der Waals surface area contributed by atoms with Gasteiger partial charge in [0.05, 0.1) is 22.9 Å². The third-order valence-corrected chi connectivity index (χ3v) is 3.28. The standard InChI is InChI=1S/C15H8F3N3O5/c16-15(17,18)9-2-1-3-10(21(23)24)13(9)20-14(22)26-12-6-8-4-5-25-11(8)7-19-12/h1-7H,(H,20,22). The molecule has 0 fully saturated rings. The molecule has 3 aromatic rings. The Kier molecular flexibility index (Phi) is 4.20. The summed E-state index contributed by atoms with van der Waals surface area (Å²) >= 11 is 0. The van der Waals surface area contributed by atoms with Crippen molar-refractivity contribution in [2.24, 2.45) is 0 Å². The van der Waals surface area contributed by atoms with E-state index in [0.29, 0.717) is 17.0 Å². The van der Waals surface area contributed by atoms with E-state index in [1.807, 2.05) is 0 Å². The highest BCUT2D eigenvalue weighted by Gasteiger charge is 2.37. The predicted molar refractivity (Wildman–Crippen MR) is 81.8 cm³/mol. The van der Waals surface area contributed by atoms with Crippen LogP contribution in [0.5, 0.6) is 5.88 Å². The van der Waals surface area contributed by atoms with E-state index in [0.717, 1.165) is 12.1 Å². The summed E-state index contributed by atoms with van der Waals surface area (Å²) in [5.41, 5.74) is -2.90. The van der Waals surface area contributed by atoms with E-state index < -0.39 is 34.1 Å². The number of benzene rings is 1. The average molecular weight is 367 g/mol. The lowest BCUT2D eigenvalue weighted by molar-refractivity contribution is -0.384. The SMILES string of the molecule is O=C(Nc1c([N+](=O)[O-])cccc1C(F)(F)F)Oc1cc2ccoc2cn1. The highest BCUT2D eigenvalue weighted by atomic mass is 19.4. The maximum Gasteiger partial charge on any atom is 0.418 e. The summed E-state index contributed by atoms with van der Waals surface area (Å²) in [6.45, 7) is 0. The normalized spacial score (nSPS) is 11.3. The maximum absolute atomic E-state index is 13.1. The van der Waals surface area contributed by atoms with E-state index in [4.69, 9.17) is 9.15 Å². The van der Waals surface area contributed by atoms with E-state index in [1.54, 1.807) is 11.4 Å². The van der Waals surface area contributed by atoms with Crippen molar-refractivity contribution in [3.63, 3.8) is 0 Å². The average Bonchev–Trinajstić information content (AvgIpc) is 3.01. The number of ether oxygens (including phenoxy) is 1. The first-order valence-electron chi connectivity index (χ1n) is 6.92. The number of pyridine rings is 1. The largest absolute Gasteiger partial charge is 0.463 e. The summed E-state index contributed by atoms with van der Waals surface area (Å²) in [6.07, 6.45) is -3.65. The van der Waals surface area contributed by atoms with E-state index >= 15 is 0 Å². The van der Waals surface area contributed by atoms with Crippen LogP contribution in [0.2, 0.25) is 0 Å². The second kappa shape index (κ2) is 6.35.